The maximum Gasteiger partial charge on any atom is 0.241 e. The van der Waals surface area contributed by atoms with E-state index >= 15 is 0 Å². The Morgan fingerprint density at radius 1 is 1.41 bits per heavy atom. The van der Waals surface area contributed by atoms with E-state index in [9.17, 15) is 9.90 Å². The highest BCUT2D eigenvalue weighted by molar-refractivity contribution is 5.82. The number of rotatable bonds is 5. The lowest BCUT2D eigenvalue weighted by Gasteiger charge is -2.15. The molecule has 1 aliphatic carbocycles. The van der Waals surface area contributed by atoms with Gasteiger partial charge in [-0.05, 0) is 24.3 Å². The van der Waals surface area contributed by atoms with Gasteiger partial charge in [0, 0.05) is 6.54 Å². The number of nitrogens with two attached hydrogens (primary N) is 1. The van der Waals surface area contributed by atoms with Crippen molar-refractivity contribution in [2.24, 2.45) is 11.7 Å². The quantitative estimate of drug-likeness (QED) is 0.697. The van der Waals surface area contributed by atoms with Crippen LogP contribution in [0.5, 0.6) is 0 Å². The number of nitrogens with one attached hydrogen (secondary N) is 1. The zero-order valence-corrected chi connectivity index (χ0v) is 9.67. The molecule has 2 rings (SSSR count). The standard InChI is InChI=1S/C13H18N2O2/c14-12(10-4-2-1-3-5-10)13(17)15-8-11(16)9-6-7-9/h1-5,9,11-12,16H,6-8,14H2,(H,15,17)/t11?,12-/m0/s1. The van der Waals surface area contributed by atoms with Crippen LogP contribution in [-0.4, -0.2) is 23.7 Å². The van der Waals surface area contributed by atoms with Gasteiger partial charge in [-0.2, -0.15) is 0 Å². The van der Waals surface area contributed by atoms with Gasteiger partial charge < -0.3 is 16.2 Å². The molecule has 4 nitrogen and oxygen atoms in total. The third-order valence-electron chi connectivity index (χ3n) is 3.09. The zero-order valence-electron chi connectivity index (χ0n) is 9.67. The number of benzene rings is 1. The summed E-state index contributed by atoms with van der Waals surface area (Å²) in [5.41, 5.74) is 6.61. The van der Waals surface area contributed by atoms with Gasteiger partial charge in [0.15, 0.2) is 0 Å². The first-order valence-electron chi connectivity index (χ1n) is 5.95. The van der Waals surface area contributed by atoms with Crippen LogP contribution in [-0.2, 0) is 4.79 Å². The Morgan fingerprint density at radius 2 is 2.06 bits per heavy atom. The fourth-order valence-corrected chi connectivity index (χ4v) is 1.77. The lowest BCUT2D eigenvalue weighted by molar-refractivity contribution is -0.123. The van der Waals surface area contributed by atoms with Crippen LogP contribution < -0.4 is 11.1 Å². The molecule has 0 spiro atoms. The number of hydrogen-bond donors (Lipinski definition) is 3. The number of carbonyl (C=O) groups is 1. The third-order valence-corrected chi connectivity index (χ3v) is 3.09. The van der Waals surface area contributed by atoms with E-state index in [1.54, 1.807) is 0 Å². The summed E-state index contributed by atoms with van der Waals surface area (Å²) >= 11 is 0. The lowest BCUT2D eigenvalue weighted by Crippen LogP contribution is -2.39. The molecule has 0 aromatic heterocycles. The minimum absolute atomic E-state index is 0.240. The summed E-state index contributed by atoms with van der Waals surface area (Å²) in [6, 6.07) is 8.56. The first-order chi connectivity index (χ1) is 8.18. The highest BCUT2D eigenvalue weighted by Gasteiger charge is 2.30. The normalized spacial score (nSPS) is 18.5. The number of carbonyl (C=O) groups excluding carboxylic acids is 1. The van der Waals surface area contributed by atoms with E-state index in [4.69, 9.17) is 5.73 Å². The fraction of sp³-hybridized carbons (Fsp3) is 0.462. The van der Waals surface area contributed by atoms with Gasteiger partial charge in [-0.25, -0.2) is 0 Å². The summed E-state index contributed by atoms with van der Waals surface area (Å²) in [6.07, 6.45) is 1.69. The Morgan fingerprint density at radius 3 is 2.65 bits per heavy atom. The van der Waals surface area contributed by atoms with Crippen LogP contribution in [0.25, 0.3) is 0 Å². The molecule has 1 aliphatic rings. The van der Waals surface area contributed by atoms with Crippen molar-refractivity contribution in [3.05, 3.63) is 35.9 Å². The zero-order chi connectivity index (χ0) is 12.3. The minimum atomic E-state index is -0.664. The van der Waals surface area contributed by atoms with Crippen molar-refractivity contribution in [2.45, 2.75) is 25.0 Å². The van der Waals surface area contributed by atoms with Crippen LogP contribution in [0.15, 0.2) is 30.3 Å². The predicted octanol–water partition coefficient (Wildman–Crippen LogP) is 0.573. The summed E-state index contributed by atoms with van der Waals surface area (Å²) in [5, 5.41) is 12.3. The molecule has 1 unspecified atom stereocenters. The smallest absolute Gasteiger partial charge is 0.241 e. The van der Waals surface area contributed by atoms with Crippen LogP contribution in [0.1, 0.15) is 24.4 Å². The van der Waals surface area contributed by atoms with Gasteiger partial charge in [0.25, 0.3) is 0 Å². The second kappa shape index (κ2) is 5.29. The van der Waals surface area contributed by atoms with E-state index in [-0.39, 0.29) is 5.91 Å². The van der Waals surface area contributed by atoms with Gasteiger partial charge in [0.2, 0.25) is 5.91 Å². The summed E-state index contributed by atoms with van der Waals surface area (Å²) in [7, 11) is 0. The Kier molecular flexibility index (Phi) is 3.76. The fourth-order valence-electron chi connectivity index (χ4n) is 1.77. The van der Waals surface area contributed by atoms with Crippen LogP contribution in [0, 0.1) is 5.92 Å². The molecule has 17 heavy (non-hydrogen) atoms. The Balaban J connectivity index is 1.82. The molecule has 0 aliphatic heterocycles. The first kappa shape index (κ1) is 12.1. The van der Waals surface area contributed by atoms with Crippen LogP contribution in [0.3, 0.4) is 0 Å². The number of aliphatic hydroxyl groups is 1. The minimum Gasteiger partial charge on any atom is -0.391 e. The molecule has 0 radical (unpaired) electrons. The van der Waals surface area contributed by atoms with E-state index in [0.717, 1.165) is 18.4 Å². The highest BCUT2D eigenvalue weighted by atomic mass is 16.3. The van der Waals surface area contributed by atoms with E-state index < -0.39 is 12.1 Å². The summed E-state index contributed by atoms with van der Waals surface area (Å²) in [4.78, 5) is 11.7. The monoisotopic (exact) mass is 234 g/mol. The molecular formula is C13H18N2O2. The topological polar surface area (TPSA) is 75.4 Å². The lowest BCUT2D eigenvalue weighted by atomic mass is 10.1. The SMILES string of the molecule is N[C@H](C(=O)NCC(O)C1CC1)c1ccccc1. The van der Waals surface area contributed by atoms with Gasteiger partial charge in [-0.1, -0.05) is 30.3 Å². The molecule has 0 heterocycles. The molecule has 0 saturated heterocycles. The van der Waals surface area contributed by atoms with Crippen molar-refractivity contribution in [3.63, 3.8) is 0 Å². The molecule has 1 aromatic rings. The maximum absolute atomic E-state index is 11.7. The largest absolute Gasteiger partial charge is 0.391 e. The number of amides is 1. The Hall–Kier alpha value is -1.39. The van der Waals surface area contributed by atoms with Gasteiger partial charge in [0.05, 0.1) is 6.10 Å². The molecule has 92 valence electrons. The van der Waals surface area contributed by atoms with Crippen molar-refractivity contribution in [1.29, 1.82) is 0 Å². The van der Waals surface area contributed by atoms with Crippen molar-refractivity contribution in [2.75, 3.05) is 6.54 Å². The predicted molar refractivity (Wildman–Crippen MR) is 65.1 cm³/mol. The van der Waals surface area contributed by atoms with Crippen LogP contribution in [0.4, 0.5) is 0 Å². The van der Waals surface area contributed by atoms with Crippen LogP contribution in [0.2, 0.25) is 0 Å². The average Bonchev–Trinajstić information content (AvgIpc) is 3.20. The summed E-state index contributed by atoms with van der Waals surface area (Å²) in [6.45, 7) is 0.296. The van der Waals surface area contributed by atoms with E-state index in [2.05, 4.69) is 5.32 Å². The molecular weight excluding hydrogens is 216 g/mol. The van der Waals surface area contributed by atoms with Crippen LogP contribution >= 0.6 is 0 Å². The summed E-state index contributed by atoms with van der Waals surface area (Å²) in [5.74, 6) is 0.124. The highest BCUT2D eigenvalue weighted by Crippen LogP contribution is 2.32. The van der Waals surface area contributed by atoms with Crippen molar-refractivity contribution in [3.8, 4) is 0 Å². The Bertz CT molecular complexity index is 376. The number of hydrogen-bond acceptors (Lipinski definition) is 3. The molecule has 2 atom stereocenters. The molecule has 1 saturated carbocycles. The van der Waals surface area contributed by atoms with Crippen molar-refractivity contribution < 1.29 is 9.90 Å². The van der Waals surface area contributed by atoms with Crippen molar-refractivity contribution >= 4 is 5.91 Å². The first-order valence-corrected chi connectivity index (χ1v) is 5.95. The molecule has 4 heteroatoms. The summed E-state index contributed by atoms with van der Waals surface area (Å²) < 4.78 is 0. The molecule has 1 aromatic carbocycles. The second-order valence-corrected chi connectivity index (χ2v) is 4.54. The van der Waals surface area contributed by atoms with Gasteiger partial charge in [-0.3, -0.25) is 4.79 Å². The molecule has 1 fully saturated rings. The van der Waals surface area contributed by atoms with Gasteiger partial charge >= 0.3 is 0 Å². The molecule has 1 amide bonds. The second-order valence-electron chi connectivity index (χ2n) is 4.54. The van der Waals surface area contributed by atoms with E-state index in [0.29, 0.717) is 12.5 Å². The van der Waals surface area contributed by atoms with Gasteiger partial charge in [0.1, 0.15) is 6.04 Å². The van der Waals surface area contributed by atoms with E-state index in [1.165, 1.54) is 0 Å². The third kappa shape index (κ3) is 3.28. The van der Waals surface area contributed by atoms with Gasteiger partial charge in [-0.15, -0.1) is 0 Å². The number of aliphatic hydroxyl groups excluding tert-OH is 1. The van der Waals surface area contributed by atoms with Crippen molar-refractivity contribution in [1.82, 2.24) is 5.32 Å². The molecule has 0 bridgehead atoms. The Labute approximate surface area is 101 Å². The van der Waals surface area contributed by atoms with E-state index in [1.807, 2.05) is 30.3 Å². The average molecular weight is 234 g/mol. The molecule has 4 N–H and O–H groups in total. The maximum atomic E-state index is 11.7.